The van der Waals surface area contributed by atoms with E-state index < -0.39 is 17.8 Å². The summed E-state index contributed by atoms with van der Waals surface area (Å²) in [5, 5.41) is 5.39. The van der Waals surface area contributed by atoms with Gasteiger partial charge in [0.25, 0.3) is 0 Å². The van der Waals surface area contributed by atoms with Crippen molar-refractivity contribution in [2.45, 2.75) is 32.2 Å². The maximum atomic E-state index is 12.1. The average Bonchev–Trinajstić information content (AvgIpc) is 3.26. The average molecular weight is 362 g/mol. The van der Waals surface area contributed by atoms with Crippen LogP contribution in [-0.4, -0.2) is 24.9 Å². The normalized spacial score (nSPS) is 13.0. The number of aryl methyl sites for hydroxylation is 1. The molecule has 3 rings (SSSR count). The zero-order valence-electron chi connectivity index (χ0n) is 13.7. The summed E-state index contributed by atoms with van der Waals surface area (Å²) in [4.78, 5) is 37.3. The lowest BCUT2D eigenvalue weighted by Crippen LogP contribution is -2.35. The number of esters is 1. The molecule has 2 heterocycles. The van der Waals surface area contributed by atoms with Crippen molar-refractivity contribution in [3.8, 4) is 0 Å². The number of anilines is 1. The lowest BCUT2D eigenvalue weighted by atomic mass is 9.95. The molecule has 25 heavy (non-hydrogen) atoms. The van der Waals surface area contributed by atoms with E-state index in [4.69, 9.17) is 9.15 Å². The van der Waals surface area contributed by atoms with Crippen molar-refractivity contribution in [2.24, 2.45) is 0 Å². The summed E-state index contributed by atoms with van der Waals surface area (Å²) in [5.74, 6) is -1.57. The number of thiophene rings is 1. The van der Waals surface area contributed by atoms with Gasteiger partial charge >= 0.3 is 17.8 Å². The molecule has 0 aliphatic heterocycles. The number of hydrogen-bond acceptors (Lipinski definition) is 6. The second-order valence-electron chi connectivity index (χ2n) is 5.62. The van der Waals surface area contributed by atoms with Crippen molar-refractivity contribution >= 4 is 34.1 Å². The lowest BCUT2D eigenvalue weighted by Gasteiger charge is -2.11. The van der Waals surface area contributed by atoms with Gasteiger partial charge in [-0.2, -0.15) is 0 Å². The molecule has 2 aromatic heterocycles. The smallest absolute Gasteiger partial charge is 0.341 e. The summed E-state index contributed by atoms with van der Waals surface area (Å²) in [7, 11) is 1.30. The zero-order valence-corrected chi connectivity index (χ0v) is 14.5. The van der Waals surface area contributed by atoms with E-state index in [1.54, 1.807) is 12.1 Å². The summed E-state index contributed by atoms with van der Waals surface area (Å²) in [6.07, 6.45) is 5.16. The molecule has 0 fully saturated rings. The molecule has 0 radical (unpaired) electrons. The molecule has 0 spiro atoms. The molecule has 0 unspecified atom stereocenters. The van der Waals surface area contributed by atoms with Crippen LogP contribution in [0.15, 0.2) is 22.8 Å². The summed E-state index contributed by atoms with van der Waals surface area (Å²) < 4.78 is 9.94. The van der Waals surface area contributed by atoms with E-state index in [2.05, 4.69) is 10.6 Å². The van der Waals surface area contributed by atoms with Crippen LogP contribution >= 0.6 is 11.3 Å². The number of nitrogens with one attached hydrogen (secondary N) is 2. The topological polar surface area (TPSA) is 97.6 Å². The van der Waals surface area contributed by atoms with Crippen LogP contribution in [0.1, 0.15) is 39.4 Å². The Labute approximate surface area is 148 Å². The molecule has 0 atom stereocenters. The van der Waals surface area contributed by atoms with Crippen molar-refractivity contribution in [2.75, 3.05) is 12.4 Å². The van der Waals surface area contributed by atoms with E-state index in [0.717, 1.165) is 36.1 Å². The fourth-order valence-electron chi connectivity index (χ4n) is 2.79. The number of methoxy groups -OCH3 is 1. The standard InChI is InChI=1S/C17H18N2O5S/c1-23-17(22)13-11-6-2-3-7-12(11)25-16(13)19-15(21)14(20)18-9-10-5-4-8-24-10/h4-5,8H,2-3,6-7,9H2,1H3,(H,18,20)(H,19,21). The fourth-order valence-corrected chi connectivity index (χ4v) is 4.07. The minimum absolute atomic E-state index is 0.115. The first kappa shape index (κ1) is 17.2. The summed E-state index contributed by atoms with van der Waals surface area (Å²) in [6.45, 7) is 0.115. The molecule has 132 valence electrons. The van der Waals surface area contributed by atoms with E-state index in [0.29, 0.717) is 16.3 Å². The summed E-state index contributed by atoms with van der Waals surface area (Å²) in [5.41, 5.74) is 1.30. The maximum absolute atomic E-state index is 12.1. The monoisotopic (exact) mass is 362 g/mol. The molecule has 2 aromatic rings. The first-order valence-electron chi connectivity index (χ1n) is 7.94. The Morgan fingerprint density at radius 3 is 2.76 bits per heavy atom. The van der Waals surface area contributed by atoms with Gasteiger partial charge in [0.05, 0.1) is 25.5 Å². The Balaban J connectivity index is 1.73. The Hall–Kier alpha value is -2.61. The van der Waals surface area contributed by atoms with E-state index in [1.807, 2.05) is 0 Å². The molecular weight excluding hydrogens is 344 g/mol. The molecule has 1 aliphatic rings. The molecule has 8 heteroatoms. The number of hydrogen-bond donors (Lipinski definition) is 2. The molecular formula is C17H18N2O5S. The number of rotatable bonds is 4. The number of carbonyl (C=O) groups is 3. The lowest BCUT2D eigenvalue weighted by molar-refractivity contribution is -0.136. The molecule has 1 aliphatic carbocycles. The molecule has 2 N–H and O–H groups in total. The third-order valence-electron chi connectivity index (χ3n) is 4.00. The number of fused-ring (bicyclic) bond motifs is 1. The van der Waals surface area contributed by atoms with Gasteiger partial charge < -0.3 is 19.8 Å². The highest BCUT2D eigenvalue weighted by Gasteiger charge is 2.28. The minimum Gasteiger partial charge on any atom is -0.467 e. The van der Waals surface area contributed by atoms with E-state index in [9.17, 15) is 14.4 Å². The first-order valence-corrected chi connectivity index (χ1v) is 8.76. The van der Waals surface area contributed by atoms with Gasteiger partial charge in [0.15, 0.2) is 0 Å². The Morgan fingerprint density at radius 2 is 2.04 bits per heavy atom. The largest absolute Gasteiger partial charge is 0.467 e. The van der Waals surface area contributed by atoms with Gasteiger partial charge in [-0.3, -0.25) is 9.59 Å². The molecule has 7 nitrogen and oxygen atoms in total. The predicted octanol–water partition coefficient (Wildman–Crippen LogP) is 2.26. The van der Waals surface area contributed by atoms with Crippen LogP contribution in [0.4, 0.5) is 5.00 Å². The molecule has 0 aromatic carbocycles. The van der Waals surface area contributed by atoms with Crippen molar-refractivity contribution in [1.82, 2.24) is 5.32 Å². The van der Waals surface area contributed by atoms with Crippen molar-refractivity contribution in [3.05, 3.63) is 40.2 Å². The van der Waals surface area contributed by atoms with Crippen LogP contribution < -0.4 is 10.6 Å². The Morgan fingerprint density at radius 1 is 1.24 bits per heavy atom. The second kappa shape index (κ2) is 7.52. The van der Waals surface area contributed by atoms with Crippen LogP contribution in [-0.2, 0) is 33.7 Å². The van der Waals surface area contributed by atoms with Gasteiger partial charge in [-0.15, -0.1) is 11.3 Å². The predicted molar refractivity (Wildman–Crippen MR) is 91.5 cm³/mol. The van der Waals surface area contributed by atoms with E-state index >= 15 is 0 Å². The fraction of sp³-hybridized carbons (Fsp3) is 0.353. The van der Waals surface area contributed by atoms with Gasteiger partial charge in [-0.25, -0.2) is 4.79 Å². The SMILES string of the molecule is COC(=O)c1c(NC(=O)C(=O)NCc2ccco2)sc2c1CCCC2. The van der Waals surface area contributed by atoms with Gasteiger partial charge in [-0.05, 0) is 43.4 Å². The molecule has 0 saturated heterocycles. The van der Waals surface area contributed by atoms with E-state index in [1.165, 1.54) is 24.7 Å². The van der Waals surface area contributed by atoms with Crippen LogP contribution in [0.5, 0.6) is 0 Å². The van der Waals surface area contributed by atoms with Crippen molar-refractivity contribution in [1.29, 1.82) is 0 Å². The minimum atomic E-state index is -0.824. The molecule has 0 bridgehead atoms. The zero-order chi connectivity index (χ0) is 17.8. The van der Waals surface area contributed by atoms with Crippen LogP contribution in [0, 0.1) is 0 Å². The van der Waals surface area contributed by atoms with Gasteiger partial charge in [0, 0.05) is 4.88 Å². The third-order valence-corrected chi connectivity index (χ3v) is 5.20. The third kappa shape index (κ3) is 3.74. The highest BCUT2D eigenvalue weighted by molar-refractivity contribution is 7.17. The van der Waals surface area contributed by atoms with E-state index in [-0.39, 0.29) is 6.54 Å². The molecule has 2 amide bonds. The maximum Gasteiger partial charge on any atom is 0.341 e. The quantitative estimate of drug-likeness (QED) is 0.642. The Kier molecular flexibility index (Phi) is 5.18. The van der Waals surface area contributed by atoms with Gasteiger partial charge in [-0.1, -0.05) is 0 Å². The molecule has 0 saturated carbocycles. The van der Waals surface area contributed by atoms with Crippen molar-refractivity contribution < 1.29 is 23.5 Å². The van der Waals surface area contributed by atoms with Gasteiger partial charge in [0.1, 0.15) is 10.8 Å². The van der Waals surface area contributed by atoms with Crippen LogP contribution in [0.2, 0.25) is 0 Å². The van der Waals surface area contributed by atoms with Gasteiger partial charge in [0.2, 0.25) is 0 Å². The summed E-state index contributed by atoms with van der Waals surface area (Å²) in [6, 6.07) is 3.39. The second-order valence-corrected chi connectivity index (χ2v) is 6.73. The Bertz CT molecular complexity index is 794. The summed E-state index contributed by atoms with van der Waals surface area (Å²) >= 11 is 1.34. The number of carbonyl (C=O) groups excluding carboxylic acids is 3. The van der Waals surface area contributed by atoms with Crippen LogP contribution in [0.25, 0.3) is 0 Å². The van der Waals surface area contributed by atoms with Crippen molar-refractivity contribution in [3.63, 3.8) is 0 Å². The number of amides is 2. The highest BCUT2D eigenvalue weighted by Crippen LogP contribution is 2.38. The highest BCUT2D eigenvalue weighted by atomic mass is 32.1. The van der Waals surface area contributed by atoms with Crippen LogP contribution in [0.3, 0.4) is 0 Å². The number of ether oxygens (including phenoxy) is 1. The number of furan rings is 1. The first-order chi connectivity index (χ1) is 12.1.